The normalized spacial score (nSPS) is 18.9. The number of benzene rings is 3. The quantitative estimate of drug-likeness (QED) is 0.438. The third-order valence-corrected chi connectivity index (χ3v) is 7.85. The van der Waals surface area contributed by atoms with E-state index in [1.807, 2.05) is 24.3 Å². The van der Waals surface area contributed by atoms with Crippen molar-refractivity contribution in [3.05, 3.63) is 82.2 Å². The van der Waals surface area contributed by atoms with E-state index in [1.165, 1.54) is 33.6 Å². The third-order valence-electron chi connectivity index (χ3n) is 7.85. The summed E-state index contributed by atoms with van der Waals surface area (Å²) in [7, 11) is 1.70. The summed E-state index contributed by atoms with van der Waals surface area (Å²) in [6.45, 7) is 14.7. The van der Waals surface area contributed by atoms with Crippen LogP contribution in [0.5, 0.6) is 11.5 Å². The molecule has 0 saturated carbocycles. The van der Waals surface area contributed by atoms with Crippen molar-refractivity contribution in [3.63, 3.8) is 0 Å². The van der Waals surface area contributed by atoms with Crippen LogP contribution in [0.25, 0.3) is 0 Å². The molecule has 0 aromatic heterocycles. The molecule has 0 spiro atoms. The Balaban J connectivity index is 1.48. The molecule has 5 rings (SSSR count). The first-order chi connectivity index (χ1) is 16.7. The summed E-state index contributed by atoms with van der Waals surface area (Å²) in [5, 5.41) is 0. The average Bonchev–Trinajstić information content (AvgIpc) is 3.15. The minimum Gasteiger partial charge on any atom is -0.497 e. The van der Waals surface area contributed by atoms with E-state index in [0.717, 1.165) is 43.2 Å². The molecule has 184 valence electrons. The zero-order valence-corrected chi connectivity index (χ0v) is 21.6. The van der Waals surface area contributed by atoms with E-state index in [4.69, 9.17) is 9.47 Å². The Kier molecular flexibility index (Phi) is 5.90. The van der Waals surface area contributed by atoms with Gasteiger partial charge in [0.25, 0.3) is 0 Å². The lowest BCUT2D eigenvalue weighted by molar-refractivity contribution is 0.121. The van der Waals surface area contributed by atoms with Gasteiger partial charge in [-0.05, 0) is 93.3 Å². The predicted molar refractivity (Wildman–Crippen MR) is 141 cm³/mol. The number of piperazine rings is 1. The number of fused-ring (bicyclic) bond motifs is 1. The Hall–Kier alpha value is -3.21. The van der Waals surface area contributed by atoms with Crippen molar-refractivity contribution in [1.29, 1.82) is 0 Å². The van der Waals surface area contributed by atoms with Crippen LogP contribution in [0.3, 0.4) is 0 Å². The van der Waals surface area contributed by atoms with Crippen molar-refractivity contribution < 1.29 is 13.9 Å². The van der Waals surface area contributed by atoms with Crippen LogP contribution in [0.1, 0.15) is 47.6 Å². The second-order valence-electron chi connectivity index (χ2n) is 10.3. The molecule has 35 heavy (non-hydrogen) atoms. The van der Waals surface area contributed by atoms with E-state index >= 15 is 0 Å². The molecule has 2 aliphatic heterocycles. The molecule has 3 aromatic rings. The minimum absolute atomic E-state index is 0.0525. The Morgan fingerprint density at radius 1 is 0.829 bits per heavy atom. The molecule has 0 N–H and O–H groups in total. The van der Waals surface area contributed by atoms with E-state index in [9.17, 15) is 4.39 Å². The van der Waals surface area contributed by atoms with Crippen molar-refractivity contribution in [3.8, 4) is 11.5 Å². The van der Waals surface area contributed by atoms with E-state index in [2.05, 4.69) is 56.6 Å². The zero-order valence-electron chi connectivity index (χ0n) is 21.6. The minimum atomic E-state index is -0.409. The number of anilines is 2. The molecular formula is C30H35FN2O2. The van der Waals surface area contributed by atoms with Crippen LogP contribution < -0.4 is 19.3 Å². The molecule has 0 bridgehead atoms. The smallest absolute Gasteiger partial charge is 0.127 e. The molecule has 0 radical (unpaired) electrons. The fraction of sp³-hybridized carbons (Fsp3) is 0.400. The Bertz CT molecular complexity index is 1230. The van der Waals surface area contributed by atoms with Crippen LogP contribution in [0, 0.1) is 26.6 Å². The first-order valence-corrected chi connectivity index (χ1v) is 12.4. The van der Waals surface area contributed by atoms with Crippen LogP contribution in [0.4, 0.5) is 15.8 Å². The Morgan fingerprint density at radius 3 is 2.03 bits per heavy atom. The monoisotopic (exact) mass is 474 g/mol. The number of hydrogen-bond donors (Lipinski definition) is 0. The molecule has 3 aromatic carbocycles. The Labute approximate surface area is 208 Å². The maximum atomic E-state index is 13.7. The van der Waals surface area contributed by atoms with Crippen molar-refractivity contribution in [2.45, 2.75) is 46.1 Å². The van der Waals surface area contributed by atoms with Crippen molar-refractivity contribution in [2.75, 3.05) is 43.1 Å². The number of ether oxygens (including phenoxy) is 2. The number of hydrogen-bond acceptors (Lipinski definition) is 4. The summed E-state index contributed by atoms with van der Waals surface area (Å²) < 4.78 is 25.6. The number of methoxy groups -OCH3 is 1. The molecule has 1 saturated heterocycles. The highest BCUT2D eigenvalue weighted by Gasteiger charge is 2.45. The molecular weight excluding hydrogens is 439 g/mol. The van der Waals surface area contributed by atoms with E-state index in [1.54, 1.807) is 19.2 Å². The number of rotatable bonds is 4. The fourth-order valence-corrected chi connectivity index (χ4v) is 5.96. The summed E-state index contributed by atoms with van der Waals surface area (Å²) in [5.41, 5.74) is 8.26. The molecule has 2 aliphatic rings. The lowest BCUT2D eigenvalue weighted by Gasteiger charge is -2.39. The molecule has 2 heterocycles. The van der Waals surface area contributed by atoms with Gasteiger partial charge in [-0.1, -0.05) is 12.1 Å². The zero-order chi connectivity index (χ0) is 24.9. The van der Waals surface area contributed by atoms with Crippen LogP contribution >= 0.6 is 0 Å². The molecule has 4 nitrogen and oxygen atoms in total. The van der Waals surface area contributed by atoms with Gasteiger partial charge in [0.1, 0.15) is 22.9 Å². The molecule has 1 unspecified atom stereocenters. The topological polar surface area (TPSA) is 24.9 Å². The van der Waals surface area contributed by atoms with Gasteiger partial charge in [-0.3, -0.25) is 0 Å². The van der Waals surface area contributed by atoms with Gasteiger partial charge in [-0.2, -0.15) is 0 Å². The molecule has 5 heteroatoms. The highest BCUT2D eigenvalue weighted by molar-refractivity contribution is 5.72. The summed E-state index contributed by atoms with van der Waals surface area (Å²) in [6, 6.07) is 15.2. The van der Waals surface area contributed by atoms with E-state index < -0.39 is 5.60 Å². The van der Waals surface area contributed by atoms with Gasteiger partial charge in [0.2, 0.25) is 0 Å². The molecule has 0 aliphatic carbocycles. The fourth-order valence-electron chi connectivity index (χ4n) is 5.96. The van der Waals surface area contributed by atoms with Crippen molar-refractivity contribution >= 4 is 11.4 Å². The van der Waals surface area contributed by atoms with Gasteiger partial charge < -0.3 is 19.3 Å². The SMILES string of the molecule is COc1ccc(N2CCN(c3c(C)c(C)c4c(c3C)C(c3ccc(F)cc3)C(C)(C)O4)CC2)cc1. The van der Waals surface area contributed by atoms with Gasteiger partial charge in [-0.15, -0.1) is 0 Å². The van der Waals surface area contributed by atoms with Gasteiger partial charge in [-0.25, -0.2) is 4.39 Å². The summed E-state index contributed by atoms with van der Waals surface area (Å²) in [5.74, 6) is 1.72. The summed E-state index contributed by atoms with van der Waals surface area (Å²) >= 11 is 0. The van der Waals surface area contributed by atoms with Crippen molar-refractivity contribution in [1.82, 2.24) is 0 Å². The van der Waals surface area contributed by atoms with Crippen LogP contribution in [-0.2, 0) is 0 Å². The highest BCUT2D eigenvalue weighted by Crippen LogP contribution is 2.54. The van der Waals surface area contributed by atoms with E-state index in [-0.39, 0.29) is 11.7 Å². The number of halogens is 1. The first-order valence-electron chi connectivity index (χ1n) is 12.4. The van der Waals surface area contributed by atoms with Crippen LogP contribution in [-0.4, -0.2) is 38.9 Å². The predicted octanol–water partition coefficient (Wildman–Crippen LogP) is 6.39. The average molecular weight is 475 g/mol. The largest absolute Gasteiger partial charge is 0.497 e. The van der Waals surface area contributed by atoms with Crippen LogP contribution in [0.15, 0.2) is 48.5 Å². The van der Waals surface area contributed by atoms with Gasteiger partial charge >= 0.3 is 0 Å². The standard InChI is InChI=1S/C30H35FN2O2/c1-19-20(2)29-26(27(30(4,5)35-29)22-7-9-23(31)10-8-22)21(3)28(19)33-17-15-32(16-18-33)24-11-13-25(34-6)14-12-24/h7-14,27H,15-18H2,1-6H3. The maximum Gasteiger partial charge on any atom is 0.127 e. The van der Waals surface area contributed by atoms with Gasteiger partial charge in [0.05, 0.1) is 13.0 Å². The second-order valence-corrected chi connectivity index (χ2v) is 10.3. The van der Waals surface area contributed by atoms with E-state index in [0.29, 0.717) is 0 Å². The maximum absolute atomic E-state index is 13.7. The van der Waals surface area contributed by atoms with Gasteiger partial charge in [0, 0.05) is 43.1 Å². The summed E-state index contributed by atoms with van der Waals surface area (Å²) in [6.07, 6.45) is 0. The van der Waals surface area contributed by atoms with Crippen LogP contribution in [0.2, 0.25) is 0 Å². The Morgan fingerprint density at radius 2 is 1.43 bits per heavy atom. The number of nitrogens with zero attached hydrogens (tertiary/aromatic N) is 2. The second kappa shape index (κ2) is 8.78. The third kappa shape index (κ3) is 4.01. The lowest BCUT2D eigenvalue weighted by atomic mass is 9.78. The summed E-state index contributed by atoms with van der Waals surface area (Å²) in [4.78, 5) is 4.97. The lowest BCUT2D eigenvalue weighted by Crippen LogP contribution is -2.47. The molecule has 1 atom stereocenters. The van der Waals surface area contributed by atoms with Gasteiger partial charge in [0.15, 0.2) is 0 Å². The first kappa shape index (κ1) is 23.5. The highest BCUT2D eigenvalue weighted by atomic mass is 19.1. The molecule has 0 amide bonds. The molecule has 1 fully saturated rings. The van der Waals surface area contributed by atoms with Crippen molar-refractivity contribution in [2.24, 2.45) is 0 Å².